The van der Waals surface area contributed by atoms with Crippen molar-refractivity contribution < 1.29 is 71.4 Å². The van der Waals surface area contributed by atoms with Gasteiger partial charge in [0, 0.05) is 46.5 Å². The highest BCUT2D eigenvalue weighted by atomic mass is 16.8. The molecule has 10 unspecified atom stereocenters. The predicted molar refractivity (Wildman–Crippen MR) is 134 cm³/mol. The zero-order chi connectivity index (χ0) is 31.3. The van der Waals surface area contributed by atoms with E-state index in [9.17, 15) is 28.8 Å². The van der Waals surface area contributed by atoms with Crippen LogP contribution in [0.1, 0.15) is 48.0 Å². The van der Waals surface area contributed by atoms with Gasteiger partial charge in [0.2, 0.25) is 12.6 Å². The molecule has 0 N–H and O–H groups in total. The van der Waals surface area contributed by atoms with Gasteiger partial charge in [-0.15, -0.1) is 0 Å². The van der Waals surface area contributed by atoms with Crippen LogP contribution in [0, 0.1) is 17.8 Å². The Hall–Kier alpha value is -3.72. The fourth-order valence-corrected chi connectivity index (χ4v) is 5.62. The van der Waals surface area contributed by atoms with Gasteiger partial charge < -0.3 is 42.6 Å². The molecule has 2 aliphatic heterocycles. The van der Waals surface area contributed by atoms with E-state index in [1.807, 2.05) is 6.92 Å². The Morgan fingerprint density at radius 1 is 0.786 bits per heavy atom. The van der Waals surface area contributed by atoms with Gasteiger partial charge in [-0.2, -0.15) is 0 Å². The summed E-state index contributed by atoms with van der Waals surface area (Å²) < 4.78 is 49.8. The molecule has 0 aromatic carbocycles. The Bertz CT molecular complexity index is 1100. The van der Waals surface area contributed by atoms with E-state index in [4.69, 9.17) is 42.6 Å². The number of ether oxygens (including phenoxy) is 9. The van der Waals surface area contributed by atoms with E-state index in [0.717, 1.165) is 34.0 Å². The van der Waals surface area contributed by atoms with Gasteiger partial charge in [-0.1, -0.05) is 6.92 Å². The summed E-state index contributed by atoms with van der Waals surface area (Å²) in [7, 11) is 1.21. The van der Waals surface area contributed by atoms with Crippen molar-refractivity contribution in [2.75, 3.05) is 13.7 Å². The van der Waals surface area contributed by atoms with Gasteiger partial charge in [-0.05, 0) is 12.3 Å². The maximum atomic E-state index is 12.6. The number of fused-ring (bicyclic) bond motifs is 1. The van der Waals surface area contributed by atoms with Gasteiger partial charge >= 0.3 is 35.8 Å². The van der Waals surface area contributed by atoms with Crippen LogP contribution in [0.2, 0.25) is 0 Å². The van der Waals surface area contributed by atoms with Gasteiger partial charge in [0.1, 0.15) is 18.8 Å². The summed E-state index contributed by atoms with van der Waals surface area (Å²) in [6.45, 7) is 7.15. The second-order valence-electron chi connectivity index (χ2n) is 10.2. The third-order valence-corrected chi connectivity index (χ3v) is 7.03. The van der Waals surface area contributed by atoms with Crippen molar-refractivity contribution in [3.63, 3.8) is 0 Å². The molecule has 2 heterocycles. The van der Waals surface area contributed by atoms with Crippen molar-refractivity contribution >= 4 is 35.8 Å². The van der Waals surface area contributed by atoms with Crippen molar-refractivity contribution in [2.45, 2.75) is 91.1 Å². The van der Waals surface area contributed by atoms with E-state index in [1.54, 1.807) is 0 Å². The second-order valence-corrected chi connectivity index (χ2v) is 10.2. The normalized spacial score (nSPS) is 33.5. The first-order valence-electron chi connectivity index (χ1n) is 13.3. The highest BCUT2D eigenvalue weighted by molar-refractivity contribution is 5.89. The molecule has 10 atom stereocenters. The van der Waals surface area contributed by atoms with Crippen LogP contribution in [0.15, 0.2) is 11.8 Å². The first-order chi connectivity index (χ1) is 19.7. The lowest BCUT2D eigenvalue weighted by Crippen LogP contribution is -2.63. The first-order valence-corrected chi connectivity index (χ1v) is 13.3. The zero-order valence-corrected chi connectivity index (χ0v) is 24.4. The molecule has 1 saturated carbocycles. The third kappa shape index (κ3) is 7.76. The molecular weight excluding hydrogens is 564 g/mol. The summed E-state index contributed by atoms with van der Waals surface area (Å²) in [5.41, 5.74) is 0.138. The van der Waals surface area contributed by atoms with Crippen LogP contribution in [0.25, 0.3) is 0 Å². The molecular formula is C27H36O15. The Morgan fingerprint density at radius 2 is 1.36 bits per heavy atom. The Balaban J connectivity index is 2.02. The number of hydrogen-bond acceptors (Lipinski definition) is 15. The molecule has 0 aromatic heterocycles. The number of methoxy groups -OCH3 is 1. The molecule has 15 heteroatoms. The summed E-state index contributed by atoms with van der Waals surface area (Å²) in [4.78, 5) is 72.2. The number of rotatable bonds is 9. The van der Waals surface area contributed by atoms with Crippen LogP contribution < -0.4 is 0 Å². The topological polar surface area (TPSA) is 185 Å². The van der Waals surface area contributed by atoms with E-state index in [-0.39, 0.29) is 11.5 Å². The van der Waals surface area contributed by atoms with Gasteiger partial charge in [-0.25, -0.2) is 4.79 Å². The smallest absolute Gasteiger partial charge is 0.337 e. The molecule has 0 amide bonds. The molecule has 0 radical (unpaired) electrons. The van der Waals surface area contributed by atoms with Gasteiger partial charge in [0.25, 0.3) is 0 Å². The minimum atomic E-state index is -1.51. The van der Waals surface area contributed by atoms with Crippen LogP contribution in [0.4, 0.5) is 0 Å². The Kier molecular flexibility index (Phi) is 10.9. The highest BCUT2D eigenvalue weighted by Gasteiger charge is 2.57. The van der Waals surface area contributed by atoms with Gasteiger partial charge in [-0.3, -0.25) is 24.0 Å². The number of carbonyl (C=O) groups is 6. The quantitative estimate of drug-likeness (QED) is 0.266. The SMILES string of the molecule is COC(=O)C1=COC(OC2OC(COC(C)=O)C(OC(C)=O)C(OC(C)=O)C2OC(C)=O)C2C(C)CC(OC(C)=O)C12. The van der Waals surface area contributed by atoms with Crippen LogP contribution in [-0.2, 0) is 71.4 Å². The van der Waals surface area contributed by atoms with E-state index in [1.165, 1.54) is 14.0 Å². The predicted octanol–water partition coefficient (Wildman–Crippen LogP) is 0.703. The molecule has 15 nitrogen and oxygen atoms in total. The monoisotopic (exact) mass is 600 g/mol. The van der Waals surface area contributed by atoms with E-state index < -0.39 is 97.4 Å². The van der Waals surface area contributed by atoms with Crippen molar-refractivity contribution in [3.8, 4) is 0 Å². The van der Waals surface area contributed by atoms with Gasteiger partial charge in [0.05, 0.1) is 18.9 Å². The lowest BCUT2D eigenvalue weighted by atomic mass is 9.82. The van der Waals surface area contributed by atoms with Crippen molar-refractivity contribution in [2.24, 2.45) is 17.8 Å². The zero-order valence-electron chi connectivity index (χ0n) is 24.4. The Labute approximate surface area is 242 Å². The summed E-state index contributed by atoms with van der Waals surface area (Å²) in [6.07, 6.45) is -7.35. The third-order valence-electron chi connectivity index (χ3n) is 7.03. The molecule has 0 aromatic rings. The van der Waals surface area contributed by atoms with E-state index >= 15 is 0 Å². The number of esters is 6. The molecule has 2 fully saturated rings. The largest absolute Gasteiger partial charge is 0.472 e. The van der Waals surface area contributed by atoms with Gasteiger partial charge in [0.15, 0.2) is 18.3 Å². The maximum absolute atomic E-state index is 12.6. The molecule has 0 bridgehead atoms. The Morgan fingerprint density at radius 3 is 1.90 bits per heavy atom. The molecule has 3 rings (SSSR count). The standard InChI is InChI=1S/C27H36O15/c1-11-8-18(37-13(3)29)21-17(25(33)34-7)9-36-26(20(11)21)42-27-24(40-16(6)32)23(39-15(5)31)22(38-14(4)30)19(41-27)10-35-12(2)28/h9,11,18-24,26-27H,8,10H2,1-7H3. The number of carbonyl (C=O) groups excluding carboxylic acids is 6. The summed E-state index contributed by atoms with van der Waals surface area (Å²) >= 11 is 0. The van der Waals surface area contributed by atoms with Crippen LogP contribution in [0.3, 0.4) is 0 Å². The lowest BCUT2D eigenvalue weighted by Gasteiger charge is -2.46. The fraction of sp³-hybridized carbons (Fsp3) is 0.704. The molecule has 1 aliphatic carbocycles. The second kappa shape index (κ2) is 14.0. The molecule has 0 spiro atoms. The first kappa shape index (κ1) is 32.8. The van der Waals surface area contributed by atoms with Crippen molar-refractivity contribution in [1.29, 1.82) is 0 Å². The van der Waals surface area contributed by atoms with Crippen molar-refractivity contribution in [3.05, 3.63) is 11.8 Å². The lowest BCUT2D eigenvalue weighted by molar-refractivity contribution is -0.345. The van der Waals surface area contributed by atoms with E-state index in [0.29, 0.717) is 6.42 Å². The molecule has 3 aliphatic rings. The average molecular weight is 601 g/mol. The van der Waals surface area contributed by atoms with Crippen LogP contribution in [-0.4, -0.2) is 92.6 Å². The highest BCUT2D eigenvalue weighted by Crippen LogP contribution is 2.49. The minimum absolute atomic E-state index is 0.138. The average Bonchev–Trinajstić information content (AvgIpc) is 3.20. The van der Waals surface area contributed by atoms with E-state index in [2.05, 4.69) is 0 Å². The summed E-state index contributed by atoms with van der Waals surface area (Å²) in [6, 6.07) is 0. The van der Waals surface area contributed by atoms with Crippen LogP contribution in [0.5, 0.6) is 0 Å². The maximum Gasteiger partial charge on any atom is 0.337 e. The molecule has 234 valence electrons. The molecule has 42 heavy (non-hydrogen) atoms. The van der Waals surface area contributed by atoms with Crippen LogP contribution >= 0.6 is 0 Å². The minimum Gasteiger partial charge on any atom is -0.472 e. The summed E-state index contributed by atoms with van der Waals surface area (Å²) in [5.74, 6) is -5.74. The number of hydrogen-bond donors (Lipinski definition) is 0. The van der Waals surface area contributed by atoms with Crippen molar-refractivity contribution in [1.82, 2.24) is 0 Å². The molecule has 1 saturated heterocycles. The summed E-state index contributed by atoms with van der Waals surface area (Å²) in [5, 5.41) is 0. The fourth-order valence-electron chi connectivity index (χ4n) is 5.62.